The average molecular weight is 607 g/mol. The molecule has 192 valence electrons. The lowest BCUT2D eigenvalue weighted by Gasteiger charge is -2.33. The lowest BCUT2D eigenvalue weighted by atomic mass is 10.1. The first-order valence-corrected chi connectivity index (χ1v) is 14.6. The summed E-state index contributed by atoms with van der Waals surface area (Å²) in [6.07, 6.45) is 3.10. The van der Waals surface area contributed by atoms with Crippen LogP contribution in [0, 0.1) is 0 Å². The van der Waals surface area contributed by atoms with Crippen molar-refractivity contribution >= 4 is 66.7 Å². The number of unbranched alkanes of at least 4 members (excludes halogenated alkanes) is 1. The number of nitrogens with zero attached hydrogens (tertiary/aromatic N) is 2. The Kier molecular flexibility index (Phi) is 11.3. The van der Waals surface area contributed by atoms with Gasteiger partial charge in [0.25, 0.3) is 0 Å². The minimum Gasteiger partial charge on any atom is -0.354 e. The van der Waals surface area contributed by atoms with E-state index in [1.54, 1.807) is 49.4 Å². The van der Waals surface area contributed by atoms with Gasteiger partial charge < -0.3 is 10.2 Å². The zero-order valence-electron chi connectivity index (χ0n) is 19.9. The average Bonchev–Trinajstić information content (AvgIpc) is 2.78. The topological polar surface area (TPSA) is 86.8 Å². The van der Waals surface area contributed by atoms with Gasteiger partial charge in [-0.1, -0.05) is 71.5 Å². The number of carbonyl (C=O) groups excluding carboxylic acids is 2. The Labute approximate surface area is 225 Å². The van der Waals surface area contributed by atoms with Crippen molar-refractivity contribution in [2.75, 3.05) is 23.7 Å². The summed E-state index contributed by atoms with van der Waals surface area (Å²) >= 11 is 15.7. The molecule has 0 radical (unpaired) electrons. The van der Waals surface area contributed by atoms with Gasteiger partial charge in [-0.15, -0.1) is 0 Å². The van der Waals surface area contributed by atoms with Crippen LogP contribution in [0.2, 0.25) is 10.0 Å². The van der Waals surface area contributed by atoms with Crippen LogP contribution in [-0.4, -0.2) is 50.5 Å². The van der Waals surface area contributed by atoms with Gasteiger partial charge in [0.15, 0.2) is 0 Å². The first-order valence-electron chi connectivity index (χ1n) is 11.2. The van der Waals surface area contributed by atoms with E-state index >= 15 is 0 Å². The largest absolute Gasteiger partial charge is 0.354 e. The highest BCUT2D eigenvalue weighted by atomic mass is 79.9. The first kappa shape index (κ1) is 29.4. The Bertz CT molecular complexity index is 1150. The fourth-order valence-corrected chi connectivity index (χ4v) is 5.20. The van der Waals surface area contributed by atoms with Crippen LogP contribution in [0.25, 0.3) is 0 Å². The highest BCUT2D eigenvalue weighted by molar-refractivity contribution is 9.10. The zero-order chi connectivity index (χ0) is 26.2. The second-order valence-corrected chi connectivity index (χ2v) is 11.7. The maximum atomic E-state index is 13.6. The third kappa shape index (κ3) is 8.66. The van der Waals surface area contributed by atoms with E-state index in [9.17, 15) is 18.0 Å². The van der Waals surface area contributed by atoms with Crippen molar-refractivity contribution in [3.63, 3.8) is 0 Å². The Hall–Kier alpha value is -1.81. The van der Waals surface area contributed by atoms with E-state index in [0.29, 0.717) is 38.7 Å². The Balaban J connectivity index is 2.44. The van der Waals surface area contributed by atoms with Gasteiger partial charge >= 0.3 is 0 Å². The molecule has 0 fully saturated rings. The molecule has 2 aromatic rings. The number of anilines is 1. The Morgan fingerprint density at radius 2 is 1.83 bits per heavy atom. The maximum Gasteiger partial charge on any atom is 0.244 e. The molecule has 0 aromatic heterocycles. The number of rotatable bonds is 12. The van der Waals surface area contributed by atoms with Crippen LogP contribution in [0.4, 0.5) is 5.69 Å². The summed E-state index contributed by atoms with van der Waals surface area (Å²) in [5.41, 5.74) is 0.928. The van der Waals surface area contributed by atoms with Gasteiger partial charge in [-0.2, -0.15) is 0 Å². The number of halogens is 3. The molecule has 0 saturated carbocycles. The summed E-state index contributed by atoms with van der Waals surface area (Å²) in [5, 5.41) is 3.67. The molecule has 0 aliphatic rings. The third-order valence-electron chi connectivity index (χ3n) is 5.35. The molecule has 0 aliphatic heterocycles. The number of hydrogen-bond acceptors (Lipinski definition) is 4. The Morgan fingerprint density at radius 1 is 1.11 bits per heavy atom. The molecule has 2 rings (SSSR count). The normalized spacial score (nSPS) is 12.2. The van der Waals surface area contributed by atoms with Crippen LogP contribution >= 0.6 is 39.1 Å². The number of hydrogen-bond donors (Lipinski definition) is 1. The van der Waals surface area contributed by atoms with Crippen LogP contribution in [0.15, 0.2) is 46.9 Å². The molecule has 1 atom stereocenters. The van der Waals surface area contributed by atoms with E-state index in [1.807, 2.05) is 6.92 Å². The Morgan fingerprint density at radius 3 is 2.40 bits per heavy atom. The zero-order valence-corrected chi connectivity index (χ0v) is 23.8. The van der Waals surface area contributed by atoms with Crippen molar-refractivity contribution in [3.8, 4) is 0 Å². The standard InChI is InChI=1S/C24H30BrCl2N3O4S/c1-4-6-12-28-24(32)22(5-2)29(15-17-10-11-19(26)14-21(17)27)23(31)16-30(35(3,33)34)20-9-7-8-18(25)13-20/h7-11,13-14,22H,4-6,12,15-16H2,1-3H3,(H,28,32). The summed E-state index contributed by atoms with van der Waals surface area (Å²) in [6, 6.07) is 10.8. The van der Waals surface area contributed by atoms with Crippen molar-refractivity contribution < 1.29 is 18.0 Å². The molecule has 0 bridgehead atoms. The van der Waals surface area contributed by atoms with Gasteiger partial charge in [-0.3, -0.25) is 13.9 Å². The van der Waals surface area contributed by atoms with E-state index in [-0.39, 0.29) is 12.5 Å². The number of benzene rings is 2. The third-order valence-corrected chi connectivity index (χ3v) is 7.57. The number of sulfonamides is 1. The molecule has 1 unspecified atom stereocenters. The van der Waals surface area contributed by atoms with Crippen molar-refractivity contribution in [1.82, 2.24) is 10.2 Å². The smallest absolute Gasteiger partial charge is 0.244 e. The van der Waals surface area contributed by atoms with Gasteiger partial charge in [-0.05, 0) is 48.7 Å². The van der Waals surface area contributed by atoms with Crippen LogP contribution in [0.3, 0.4) is 0 Å². The molecule has 1 N–H and O–H groups in total. The van der Waals surface area contributed by atoms with Crippen molar-refractivity contribution in [3.05, 3.63) is 62.5 Å². The molecule has 2 aromatic carbocycles. The first-order chi connectivity index (χ1) is 16.5. The van der Waals surface area contributed by atoms with Gasteiger partial charge in [0.2, 0.25) is 21.8 Å². The second-order valence-electron chi connectivity index (χ2n) is 8.08. The maximum absolute atomic E-state index is 13.6. The van der Waals surface area contributed by atoms with Gasteiger partial charge in [0, 0.05) is 27.6 Å². The van der Waals surface area contributed by atoms with Crippen molar-refractivity contribution in [2.45, 2.75) is 45.7 Å². The summed E-state index contributed by atoms with van der Waals surface area (Å²) in [6.45, 7) is 3.85. The van der Waals surface area contributed by atoms with E-state index < -0.39 is 28.5 Å². The summed E-state index contributed by atoms with van der Waals surface area (Å²) in [5.74, 6) is -0.827. The van der Waals surface area contributed by atoms with Gasteiger partial charge in [0.1, 0.15) is 12.6 Å². The molecule has 0 saturated heterocycles. The molecule has 11 heteroatoms. The molecule has 2 amide bonds. The number of nitrogens with one attached hydrogen (secondary N) is 1. The summed E-state index contributed by atoms with van der Waals surface area (Å²) < 4.78 is 26.9. The van der Waals surface area contributed by atoms with Crippen LogP contribution in [0.5, 0.6) is 0 Å². The predicted octanol–water partition coefficient (Wildman–Crippen LogP) is 5.25. The van der Waals surface area contributed by atoms with E-state index in [1.165, 1.54) is 4.90 Å². The predicted molar refractivity (Wildman–Crippen MR) is 145 cm³/mol. The molecule has 0 aliphatic carbocycles. The van der Waals surface area contributed by atoms with Crippen LogP contribution in [-0.2, 0) is 26.2 Å². The fraction of sp³-hybridized carbons (Fsp3) is 0.417. The van der Waals surface area contributed by atoms with Crippen LogP contribution in [0.1, 0.15) is 38.7 Å². The minimum absolute atomic E-state index is 0.0185. The van der Waals surface area contributed by atoms with Gasteiger partial charge in [0.05, 0.1) is 11.9 Å². The minimum atomic E-state index is -3.80. The monoisotopic (exact) mass is 605 g/mol. The molecular weight excluding hydrogens is 577 g/mol. The van der Waals surface area contributed by atoms with E-state index in [0.717, 1.165) is 23.4 Å². The molecular formula is C24H30BrCl2N3O4S. The lowest BCUT2D eigenvalue weighted by molar-refractivity contribution is -0.140. The lowest BCUT2D eigenvalue weighted by Crippen LogP contribution is -2.52. The summed E-state index contributed by atoms with van der Waals surface area (Å²) in [4.78, 5) is 28.0. The summed E-state index contributed by atoms with van der Waals surface area (Å²) in [7, 11) is -3.80. The molecule has 7 nitrogen and oxygen atoms in total. The fourth-order valence-electron chi connectivity index (χ4n) is 3.50. The number of amides is 2. The molecule has 35 heavy (non-hydrogen) atoms. The van der Waals surface area contributed by atoms with E-state index in [4.69, 9.17) is 23.2 Å². The number of carbonyl (C=O) groups is 2. The van der Waals surface area contributed by atoms with Crippen molar-refractivity contribution in [2.24, 2.45) is 0 Å². The second kappa shape index (κ2) is 13.5. The highest BCUT2D eigenvalue weighted by Crippen LogP contribution is 2.26. The molecule has 0 spiro atoms. The molecule has 0 heterocycles. The SMILES string of the molecule is CCCCNC(=O)C(CC)N(Cc1ccc(Cl)cc1Cl)C(=O)CN(c1cccc(Br)c1)S(C)(=O)=O. The van der Waals surface area contributed by atoms with Crippen LogP contribution < -0.4 is 9.62 Å². The van der Waals surface area contributed by atoms with Crippen molar-refractivity contribution in [1.29, 1.82) is 0 Å². The highest BCUT2D eigenvalue weighted by Gasteiger charge is 2.32. The van der Waals surface area contributed by atoms with E-state index in [2.05, 4.69) is 21.2 Å². The quantitative estimate of drug-likeness (QED) is 0.335. The van der Waals surface area contributed by atoms with Gasteiger partial charge in [-0.25, -0.2) is 8.42 Å².